The number of rotatable bonds is 5. The van der Waals surface area contributed by atoms with Gasteiger partial charge in [-0.05, 0) is 48.2 Å². The maximum Gasteiger partial charge on any atom is 0.238 e. The van der Waals surface area contributed by atoms with Gasteiger partial charge in [-0.2, -0.15) is 0 Å². The van der Waals surface area contributed by atoms with Crippen molar-refractivity contribution in [3.63, 3.8) is 0 Å². The van der Waals surface area contributed by atoms with Gasteiger partial charge in [0.25, 0.3) is 0 Å². The molecule has 0 saturated carbocycles. The number of carbonyl (C=O) groups is 2. The molecule has 142 valence electrons. The fourth-order valence-electron chi connectivity index (χ4n) is 3.00. The molecule has 0 radical (unpaired) electrons. The fraction of sp³-hybridized carbons (Fsp3) is 0.333. The second-order valence-electron chi connectivity index (χ2n) is 7.13. The molecule has 3 rings (SSSR count). The molecule has 2 aromatic carbocycles. The number of carbonyl (C=O) groups excluding carboxylic acids is 2. The first kappa shape index (κ1) is 19.4. The van der Waals surface area contributed by atoms with Crippen molar-refractivity contribution >= 4 is 35.0 Å². The largest absolute Gasteiger partial charge is 0.326 e. The van der Waals surface area contributed by atoms with E-state index in [9.17, 15) is 14.0 Å². The van der Waals surface area contributed by atoms with E-state index < -0.39 is 0 Å². The van der Waals surface area contributed by atoms with Gasteiger partial charge < -0.3 is 5.32 Å². The number of amides is 2. The topological polar surface area (TPSA) is 49.4 Å². The summed E-state index contributed by atoms with van der Waals surface area (Å²) in [5.74, 6) is 0.280. The lowest BCUT2D eigenvalue weighted by Gasteiger charge is -2.25. The normalized spacial score (nSPS) is 16.9. The van der Waals surface area contributed by atoms with E-state index in [2.05, 4.69) is 5.32 Å². The molecule has 1 saturated heterocycles. The molecule has 2 amide bonds. The minimum atomic E-state index is -0.320. The Morgan fingerprint density at radius 1 is 1.26 bits per heavy atom. The summed E-state index contributed by atoms with van der Waals surface area (Å²) in [5, 5.41) is 2.67. The van der Waals surface area contributed by atoms with E-state index in [4.69, 9.17) is 0 Å². The summed E-state index contributed by atoms with van der Waals surface area (Å²) >= 11 is 1.51. The second-order valence-corrected chi connectivity index (χ2v) is 8.20. The molecule has 1 aliphatic heterocycles. The van der Waals surface area contributed by atoms with Crippen LogP contribution in [0.4, 0.5) is 15.8 Å². The third kappa shape index (κ3) is 4.50. The van der Waals surface area contributed by atoms with Crippen LogP contribution < -0.4 is 10.2 Å². The highest BCUT2D eigenvalue weighted by Gasteiger charge is 2.34. The second kappa shape index (κ2) is 8.13. The number of nitrogens with zero attached hydrogens (tertiary/aromatic N) is 1. The molecule has 0 aromatic heterocycles. The maximum absolute atomic E-state index is 14.0. The molecule has 1 atom stereocenters. The molecule has 4 nitrogen and oxygen atoms in total. The van der Waals surface area contributed by atoms with E-state index in [1.54, 1.807) is 24.0 Å². The number of benzene rings is 2. The van der Waals surface area contributed by atoms with Crippen LogP contribution in [0.25, 0.3) is 0 Å². The summed E-state index contributed by atoms with van der Waals surface area (Å²) in [7, 11) is 0. The monoisotopic (exact) mass is 386 g/mol. The molecule has 0 aliphatic carbocycles. The van der Waals surface area contributed by atoms with Gasteiger partial charge >= 0.3 is 0 Å². The van der Waals surface area contributed by atoms with Crippen molar-refractivity contribution in [2.45, 2.75) is 32.6 Å². The number of anilines is 2. The van der Waals surface area contributed by atoms with Crippen molar-refractivity contribution < 1.29 is 14.0 Å². The molecule has 0 unspecified atom stereocenters. The molecule has 0 bridgehead atoms. The summed E-state index contributed by atoms with van der Waals surface area (Å²) in [5.41, 5.74) is 2.78. The predicted octanol–water partition coefficient (Wildman–Crippen LogP) is 4.90. The summed E-state index contributed by atoms with van der Waals surface area (Å²) in [4.78, 5) is 25.9. The maximum atomic E-state index is 14.0. The SMILES string of the molecule is Cc1ccc(N2C(=O)CS[C@@H]2c2ccc(NC(=O)CC(C)C)cc2)cc1F. The Balaban J connectivity index is 1.79. The van der Waals surface area contributed by atoms with Crippen LogP contribution in [0.3, 0.4) is 0 Å². The molecule has 1 aliphatic rings. The summed E-state index contributed by atoms with van der Waals surface area (Å²) in [6.45, 7) is 5.70. The standard InChI is InChI=1S/C21H23FN2O2S/c1-13(2)10-19(25)23-16-7-5-15(6-8-16)21-24(20(26)12-27-21)17-9-4-14(3)18(22)11-17/h4-9,11,13,21H,10,12H2,1-3H3,(H,23,25)/t21-/m1/s1. The molecule has 0 spiro atoms. The Hall–Kier alpha value is -2.34. The van der Waals surface area contributed by atoms with E-state index in [0.29, 0.717) is 29.3 Å². The summed E-state index contributed by atoms with van der Waals surface area (Å²) < 4.78 is 14.0. The molecule has 6 heteroatoms. The highest BCUT2D eigenvalue weighted by Crippen LogP contribution is 2.42. The van der Waals surface area contributed by atoms with Gasteiger partial charge in [0.15, 0.2) is 0 Å². The third-order valence-electron chi connectivity index (χ3n) is 4.37. The average molecular weight is 386 g/mol. The average Bonchev–Trinajstić information content (AvgIpc) is 2.99. The molecule has 1 heterocycles. The first-order chi connectivity index (χ1) is 12.8. The lowest BCUT2D eigenvalue weighted by molar-refractivity contribution is -0.117. The third-order valence-corrected chi connectivity index (χ3v) is 5.59. The molecule has 1 fully saturated rings. The van der Waals surface area contributed by atoms with Gasteiger partial charge in [0.1, 0.15) is 11.2 Å². The van der Waals surface area contributed by atoms with Gasteiger partial charge in [-0.1, -0.05) is 32.0 Å². The van der Waals surface area contributed by atoms with Crippen LogP contribution in [-0.2, 0) is 9.59 Å². The van der Waals surface area contributed by atoms with Crippen LogP contribution in [0.1, 0.15) is 36.8 Å². The van der Waals surface area contributed by atoms with Crippen molar-refractivity contribution in [3.8, 4) is 0 Å². The number of nitrogens with one attached hydrogen (secondary N) is 1. The Morgan fingerprint density at radius 3 is 2.59 bits per heavy atom. The number of hydrogen-bond donors (Lipinski definition) is 1. The molecular formula is C21H23FN2O2S. The van der Waals surface area contributed by atoms with E-state index >= 15 is 0 Å². The van der Waals surface area contributed by atoms with Gasteiger partial charge in [-0.25, -0.2) is 4.39 Å². The predicted molar refractivity (Wildman–Crippen MR) is 108 cm³/mol. The zero-order chi connectivity index (χ0) is 19.6. The minimum Gasteiger partial charge on any atom is -0.326 e. The van der Waals surface area contributed by atoms with Crippen LogP contribution in [0, 0.1) is 18.7 Å². The van der Waals surface area contributed by atoms with Crippen molar-refractivity contribution in [2.24, 2.45) is 5.92 Å². The Morgan fingerprint density at radius 2 is 1.96 bits per heavy atom. The zero-order valence-corrected chi connectivity index (χ0v) is 16.5. The summed E-state index contributed by atoms with van der Waals surface area (Å²) in [6.07, 6.45) is 0.474. The van der Waals surface area contributed by atoms with E-state index in [1.165, 1.54) is 17.8 Å². The van der Waals surface area contributed by atoms with Gasteiger partial charge in [0, 0.05) is 17.8 Å². The first-order valence-corrected chi connectivity index (χ1v) is 9.99. The van der Waals surface area contributed by atoms with Crippen molar-refractivity contribution in [2.75, 3.05) is 16.0 Å². The molecule has 1 N–H and O–H groups in total. The quantitative estimate of drug-likeness (QED) is 0.795. The smallest absolute Gasteiger partial charge is 0.238 e. The van der Waals surface area contributed by atoms with Crippen molar-refractivity contribution in [1.82, 2.24) is 0 Å². The Labute approximate surface area is 163 Å². The van der Waals surface area contributed by atoms with Gasteiger partial charge in [-0.15, -0.1) is 11.8 Å². The van der Waals surface area contributed by atoms with Crippen molar-refractivity contribution in [3.05, 3.63) is 59.4 Å². The van der Waals surface area contributed by atoms with Gasteiger partial charge in [0.2, 0.25) is 11.8 Å². The molecule has 2 aromatic rings. The molecular weight excluding hydrogens is 363 g/mol. The van der Waals surface area contributed by atoms with Gasteiger partial charge in [0.05, 0.1) is 5.75 Å². The zero-order valence-electron chi connectivity index (χ0n) is 15.7. The minimum absolute atomic E-state index is 0.0140. The lowest BCUT2D eigenvalue weighted by Crippen LogP contribution is -2.28. The van der Waals surface area contributed by atoms with Gasteiger partial charge in [-0.3, -0.25) is 14.5 Å². The summed E-state index contributed by atoms with van der Waals surface area (Å²) in [6, 6.07) is 12.3. The van der Waals surface area contributed by atoms with E-state index in [-0.39, 0.29) is 23.0 Å². The van der Waals surface area contributed by atoms with Crippen LogP contribution in [-0.4, -0.2) is 17.6 Å². The van der Waals surface area contributed by atoms with E-state index in [0.717, 1.165) is 11.3 Å². The van der Waals surface area contributed by atoms with E-state index in [1.807, 2.05) is 38.1 Å². The first-order valence-electron chi connectivity index (χ1n) is 8.95. The van der Waals surface area contributed by atoms with Crippen LogP contribution in [0.5, 0.6) is 0 Å². The lowest BCUT2D eigenvalue weighted by atomic mass is 10.1. The van der Waals surface area contributed by atoms with Crippen molar-refractivity contribution in [1.29, 1.82) is 0 Å². The van der Waals surface area contributed by atoms with Crippen LogP contribution >= 0.6 is 11.8 Å². The number of thioether (sulfide) groups is 1. The Kier molecular flexibility index (Phi) is 5.85. The highest BCUT2D eigenvalue weighted by atomic mass is 32.2. The number of aryl methyl sites for hydroxylation is 1. The van der Waals surface area contributed by atoms with Crippen LogP contribution in [0.2, 0.25) is 0 Å². The Bertz CT molecular complexity index is 852. The molecule has 27 heavy (non-hydrogen) atoms. The fourth-order valence-corrected chi connectivity index (χ4v) is 4.17. The number of halogens is 1. The van der Waals surface area contributed by atoms with Crippen LogP contribution in [0.15, 0.2) is 42.5 Å². The highest BCUT2D eigenvalue weighted by molar-refractivity contribution is 8.00. The number of hydrogen-bond acceptors (Lipinski definition) is 3.